The molecule has 2 N–H and O–H groups in total. The summed E-state index contributed by atoms with van der Waals surface area (Å²) in [7, 11) is 0. The molecule has 0 saturated carbocycles. The maximum atomic E-state index is 11.6. The second-order valence-corrected chi connectivity index (χ2v) is 4.17. The number of rotatable bonds is 3. The van der Waals surface area contributed by atoms with E-state index in [1.807, 2.05) is 48.5 Å². The highest BCUT2D eigenvalue weighted by atomic mass is 35.5. The van der Waals surface area contributed by atoms with Gasteiger partial charge in [-0.3, -0.25) is 4.79 Å². The van der Waals surface area contributed by atoms with Crippen molar-refractivity contribution in [1.29, 1.82) is 0 Å². The number of nitrogens with two attached hydrogens (primary N) is 1. The van der Waals surface area contributed by atoms with Crippen LogP contribution in [0.25, 0.3) is 0 Å². The fraction of sp³-hybridized carbons (Fsp3) is 0.0714. The molecule has 17 heavy (non-hydrogen) atoms. The van der Waals surface area contributed by atoms with E-state index in [0.29, 0.717) is 5.02 Å². The number of carbonyl (C=O) groups excluding carboxylic acids is 1. The van der Waals surface area contributed by atoms with E-state index < -0.39 is 11.8 Å². The van der Waals surface area contributed by atoms with Crippen LogP contribution in [0.15, 0.2) is 54.6 Å². The molecule has 0 bridgehead atoms. The number of halogens is 1. The molecule has 0 aromatic heterocycles. The lowest BCUT2D eigenvalue weighted by atomic mass is 9.91. The van der Waals surface area contributed by atoms with Crippen molar-refractivity contribution in [1.82, 2.24) is 0 Å². The molecule has 0 unspecified atom stereocenters. The van der Waals surface area contributed by atoms with E-state index >= 15 is 0 Å². The lowest BCUT2D eigenvalue weighted by Crippen LogP contribution is -2.22. The van der Waals surface area contributed by atoms with Gasteiger partial charge in [0, 0.05) is 5.02 Å². The molecule has 2 aromatic rings. The molecule has 0 heterocycles. The van der Waals surface area contributed by atoms with Crippen molar-refractivity contribution in [3.05, 3.63) is 70.7 Å². The van der Waals surface area contributed by atoms with Gasteiger partial charge in [-0.25, -0.2) is 0 Å². The average molecular weight is 246 g/mol. The zero-order chi connectivity index (χ0) is 12.3. The van der Waals surface area contributed by atoms with Gasteiger partial charge < -0.3 is 5.73 Å². The van der Waals surface area contributed by atoms with Crippen LogP contribution >= 0.6 is 11.6 Å². The van der Waals surface area contributed by atoms with Crippen molar-refractivity contribution in [3.63, 3.8) is 0 Å². The molecule has 2 nitrogen and oxygen atoms in total. The van der Waals surface area contributed by atoms with Crippen molar-refractivity contribution in [2.24, 2.45) is 5.73 Å². The summed E-state index contributed by atoms with van der Waals surface area (Å²) in [5.41, 5.74) is 7.07. The summed E-state index contributed by atoms with van der Waals surface area (Å²) in [5.74, 6) is -0.894. The van der Waals surface area contributed by atoms with Crippen LogP contribution in [0.2, 0.25) is 5.02 Å². The van der Waals surface area contributed by atoms with E-state index in [2.05, 4.69) is 0 Å². The highest BCUT2D eigenvalue weighted by Gasteiger charge is 2.21. The number of hydrogen-bond donors (Lipinski definition) is 1. The van der Waals surface area contributed by atoms with Gasteiger partial charge in [0.2, 0.25) is 5.91 Å². The maximum absolute atomic E-state index is 11.6. The summed E-state index contributed by atoms with van der Waals surface area (Å²) in [6, 6.07) is 16.7. The van der Waals surface area contributed by atoms with Gasteiger partial charge in [0.15, 0.2) is 0 Å². The second-order valence-electron chi connectivity index (χ2n) is 3.77. The molecule has 0 spiro atoms. The minimum atomic E-state index is -0.495. The molecule has 0 aliphatic heterocycles. The van der Waals surface area contributed by atoms with Crippen LogP contribution in [0.4, 0.5) is 0 Å². The largest absolute Gasteiger partial charge is 0.369 e. The Labute approximate surface area is 105 Å². The molecule has 86 valence electrons. The van der Waals surface area contributed by atoms with E-state index in [9.17, 15) is 4.79 Å². The van der Waals surface area contributed by atoms with Crippen molar-refractivity contribution in [2.45, 2.75) is 5.92 Å². The third kappa shape index (κ3) is 2.48. The van der Waals surface area contributed by atoms with Crippen molar-refractivity contribution in [2.75, 3.05) is 0 Å². The zero-order valence-electron chi connectivity index (χ0n) is 9.14. The molecule has 2 rings (SSSR count). The first-order valence-electron chi connectivity index (χ1n) is 5.29. The third-order valence-corrected chi connectivity index (χ3v) is 2.98. The Hall–Kier alpha value is -1.80. The molecule has 3 heteroatoms. The fourth-order valence-electron chi connectivity index (χ4n) is 1.85. The van der Waals surface area contributed by atoms with Crippen LogP contribution in [0.5, 0.6) is 0 Å². The smallest absolute Gasteiger partial charge is 0.229 e. The van der Waals surface area contributed by atoms with Crippen molar-refractivity contribution >= 4 is 17.5 Å². The molecule has 0 aliphatic carbocycles. The number of hydrogen-bond acceptors (Lipinski definition) is 1. The average Bonchev–Trinajstić information content (AvgIpc) is 2.33. The number of amides is 1. The van der Waals surface area contributed by atoms with Crippen molar-refractivity contribution < 1.29 is 4.79 Å². The van der Waals surface area contributed by atoms with E-state index in [1.165, 1.54) is 0 Å². The Balaban J connectivity index is 2.51. The van der Waals surface area contributed by atoms with E-state index in [0.717, 1.165) is 11.1 Å². The zero-order valence-corrected chi connectivity index (χ0v) is 9.89. The number of benzene rings is 2. The fourth-order valence-corrected chi connectivity index (χ4v) is 2.10. The molecule has 0 radical (unpaired) electrons. The van der Waals surface area contributed by atoms with Crippen LogP contribution in [0, 0.1) is 0 Å². The maximum Gasteiger partial charge on any atom is 0.229 e. The molecule has 0 saturated heterocycles. The highest BCUT2D eigenvalue weighted by molar-refractivity contribution is 6.31. The van der Waals surface area contributed by atoms with Crippen molar-refractivity contribution in [3.8, 4) is 0 Å². The second kappa shape index (κ2) is 5.02. The summed E-state index contributed by atoms with van der Waals surface area (Å²) in [5, 5.41) is 0.556. The monoisotopic (exact) mass is 245 g/mol. The van der Waals surface area contributed by atoms with Gasteiger partial charge in [-0.2, -0.15) is 0 Å². The van der Waals surface area contributed by atoms with Crippen LogP contribution in [0.3, 0.4) is 0 Å². The number of primary amides is 1. The Morgan fingerprint density at radius 2 is 1.59 bits per heavy atom. The first-order valence-corrected chi connectivity index (χ1v) is 5.66. The molecule has 2 aromatic carbocycles. The molecular formula is C14H12ClNO. The van der Waals surface area contributed by atoms with Crippen LogP contribution < -0.4 is 5.73 Å². The van der Waals surface area contributed by atoms with Crippen LogP contribution in [-0.4, -0.2) is 5.91 Å². The molecule has 0 fully saturated rings. The Morgan fingerprint density at radius 1 is 1.00 bits per heavy atom. The summed E-state index contributed by atoms with van der Waals surface area (Å²) < 4.78 is 0. The first kappa shape index (κ1) is 11.7. The minimum absolute atomic E-state index is 0.399. The van der Waals surface area contributed by atoms with Gasteiger partial charge in [-0.1, -0.05) is 60.1 Å². The summed E-state index contributed by atoms with van der Waals surface area (Å²) in [6.07, 6.45) is 0. The van der Waals surface area contributed by atoms with Gasteiger partial charge in [0.05, 0.1) is 5.92 Å². The topological polar surface area (TPSA) is 43.1 Å². The quantitative estimate of drug-likeness (QED) is 0.888. The lowest BCUT2D eigenvalue weighted by molar-refractivity contribution is -0.118. The lowest BCUT2D eigenvalue weighted by Gasteiger charge is -2.15. The van der Waals surface area contributed by atoms with Gasteiger partial charge in [-0.15, -0.1) is 0 Å². The van der Waals surface area contributed by atoms with Crippen LogP contribution in [0.1, 0.15) is 17.0 Å². The SMILES string of the molecule is NC(=O)[C@H](c1ccccc1)c1ccccc1Cl. The van der Waals surface area contributed by atoms with Gasteiger partial charge in [-0.05, 0) is 17.2 Å². The first-order chi connectivity index (χ1) is 8.20. The minimum Gasteiger partial charge on any atom is -0.369 e. The third-order valence-electron chi connectivity index (χ3n) is 2.63. The van der Waals surface area contributed by atoms with Gasteiger partial charge in [0.1, 0.15) is 0 Å². The predicted octanol–water partition coefficient (Wildman–Crippen LogP) is 2.96. The highest BCUT2D eigenvalue weighted by Crippen LogP contribution is 2.29. The summed E-state index contributed by atoms with van der Waals surface area (Å²) in [6.45, 7) is 0. The molecule has 1 atom stereocenters. The Morgan fingerprint density at radius 3 is 2.18 bits per heavy atom. The van der Waals surface area contributed by atoms with Gasteiger partial charge >= 0.3 is 0 Å². The Kier molecular flexibility index (Phi) is 3.45. The van der Waals surface area contributed by atoms with E-state index in [1.54, 1.807) is 6.07 Å². The molecule has 0 aliphatic rings. The molecular weight excluding hydrogens is 234 g/mol. The predicted molar refractivity (Wildman–Crippen MR) is 68.9 cm³/mol. The summed E-state index contributed by atoms with van der Waals surface area (Å²) in [4.78, 5) is 11.6. The Bertz CT molecular complexity index is 525. The van der Waals surface area contributed by atoms with E-state index in [4.69, 9.17) is 17.3 Å². The molecule has 1 amide bonds. The van der Waals surface area contributed by atoms with Gasteiger partial charge in [0.25, 0.3) is 0 Å². The number of carbonyl (C=O) groups is 1. The normalized spacial score (nSPS) is 12.1. The summed E-state index contributed by atoms with van der Waals surface area (Å²) >= 11 is 6.11. The van der Waals surface area contributed by atoms with E-state index in [-0.39, 0.29) is 0 Å². The standard InChI is InChI=1S/C14H12ClNO/c15-12-9-5-4-8-11(12)13(14(16)17)10-6-2-1-3-7-10/h1-9,13H,(H2,16,17)/t13-/m1/s1. The van der Waals surface area contributed by atoms with Crippen LogP contribution in [-0.2, 0) is 4.79 Å².